The molecule has 4 aliphatic carbocycles. The third-order valence-corrected chi connectivity index (χ3v) is 14.0. The first-order valence-corrected chi connectivity index (χ1v) is 20.4. The van der Waals surface area contributed by atoms with Crippen LogP contribution in [0.1, 0.15) is 93.2 Å². The van der Waals surface area contributed by atoms with E-state index in [2.05, 4.69) is 184 Å². The average molecular weight is 710 g/mol. The molecule has 0 saturated heterocycles. The largest absolute Gasteiger partial charge is 0.310 e. The molecule has 7 aromatic rings. The number of anilines is 3. The van der Waals surface area contributed by atoms with E-state index in [9.17, 15) is 0 Å². The van der Waals surface area contributed by atoms with Crippen LogP contribution >= 0.6 is 0 Å². The first-order valence-electron chi connectivity index (χ1n) is 20.4. The van der Waals surface area contributed by atoms with Gasteiger partial charge in [-0.1, -0.05) is 168 Å². The van der Waals surface area contributed by atoms with E-state index in [4.69, 9.17) is 0 Å². The monoisotopic (exact) mass is 709 g/mol. The SMILES string of the molecule is CC1(C)c2ccccc2-c2cccc(-c3cccc(N(c4ccc5c(c4)C4(CCCCC4)c4ccccc4-5)c4cccc5c4C(C)(C)c4ccccc4-5)c3)c21. The van der Waals surface area contributed by atoms with Crippen molar-refractivity contribution < 1.29 is 0 Å². The fourth-order valence-electron chi connectivity index (χ4n) is 11.6. The van der Waals surface area contributed by atoms with Crippen molar-refractivity contribution in [1.82, 2.24) is 0 Å². The van der Waals surface area contributed by atoms with Crippen molar-refractivity contribution in [2.45, 2.75) is 76.0 Å². The highest BCUT2D eigenvalue weighted by Gasteiger charge is 2.45. The molecule has 1 heteroatoms. The number of hydrogen-bond donors (Lipinski definition) is 0. The van der Waals surface area contributed by atoms with Crippen LogP contribution in [0.3, 0.4) is 0 Å². The van der Waals surface area contributed by atoms with Gasteiger partial charge in [-0.2, -0.15) is 0 Å². The lowest BCUT2D eigenvalue weighted by atomic mass is 9.68. The summed E-state index contributed by atoms with van der Waals surface area (Å²) in [6.45, 7) is 9.63. The molecule has 4 aliphatic rings. The van der Waals surface area contributed by atoms with Crippen LogP contribution in [-0.4, -0.2) is 0 Å². The van der Waals surface area contributed by atoms with Crippen LogP contribution < -0.4 is 4.90 Å². The smallest absolute Gasteiger partial charge is 0.0508 e. The standard InChI is InChI=1S/C54H47N/c1-52(2)45-25-9-6-20-40(45)43-23-15-22-38(50(43)52)35-17-14-18-36(33-35)55(49-28-16-24-44-41-21-7-10-26-46(41)53(3,4)51(44)49)37-29-30-42-39-19-8-11-27-47(39)54(48(42)34-37)31-12-5-13-32-54/h6-11,14-30,33-34H,5,12-13,31-32H2,1-4H3. The minimum Gasteiger partial charge on any atom is -0.310 e. The Morgan fingerprint density at radius 3 is 1.60 bits per heavy atom. The summed E-state index contributed by atoms with van der Waals surface area (Å²) in [5.74, 6) is 0. The van der Waals surface area contributed by atoms with E-state index in [-0.39, 0.29) is 16.2 Å². The molecule has 11 rings (SSSR count). The van der Waals surface area contributed by atoms with Crippen LogP contribution in [0.4, 0.5) is 17.1 Å². The molecule has 1 nitrogen and oxygen atoms in total. The van der Waals surface area contributed by atoms with E-state index in [1.165, 1.54) is 127 Å². The third kappa shape index (κ3) is 4.47. The zero-order valence-corrected chi connectivity index (χ0v) is 32.4. The molecule has 0 aliphatic heterocycles. The van der Waals surface area contributed by atoms with Crippen molar-refractivity contribution in [1.29, 1.82) is 0 Å². The van der Waals surface area contributed by atoms with Crippen molar-refractivity contribution in [3.8, 4) is 44.5 Å². The van der Waals surface area contributed by atoms with E-state index >= 15 is 0 Å². The molecule has 0 N–H and O–H groups in total. The van der Waals surface area contributed by atoms with Gasteiger partial charge in [0.25, 0.3) is 0 Å². The van der Waals surface area contributed by atoms with E-state index in [1.807, 2.05) is 0 Å². The summed E-state index contributed by atoms with van der Waals surface area (Å²) in [7, 11) is 0. The van der Waals surface area contributed by atoms with Crippen LogP contribution in [0, 0.1) is 0 Å². The van der Waals surface area contributed by atoms with Gasteiger partial charge in [0.2, 0.25) is 0 Å². The van der Waals surface area contributed by atoms with E-state index in [1.54, 1.807) is 0 Å². The van der Waals surface area contributed by atoms with Gasteiger partial charge in [0.05, 0.1) is 5.69 Å². The van der Waals surface area contributed by atoms with E-state index < -0.39 is 0 Å². The summed E-state index contributed by atoms with van der Waals surface area (Å²) < 4.78 is 0. The molecular formula is C54H47N. The number of nitrogens with zero attached hydrogens (tertiary/aromatic N) is 1. The molecule has 0 bridgehead atoms. The second-order valence-corrected chi connectivity index (χ2v) is 17.6. The normalized spacial score (nSPS) is 17.2. The molecule has 0 atom stereocenters. The minimum absolute atomic E-state index is 0.0764. The van der Waals surface area contributed by atoms with Crippen molar-refractivity contribution in [3.63, 3.8) is 0 Å². The van der Waals surface area contributed by atoms with Gasteiger partial charge in [-0.05, 0) is 121 Å². The second kappa shape index (κ2) is 11.7. The summed E-state index contributed by atoms with van der Waals surface area (Å²) in [6, 6.07) is 58.0. The lowest BCUT2D eigenvalue weighted by Gasteiger charge is -2.37. The van der Waals surface area contributed by atoms with Crippen molar-refractivity contribution in [3.05, 3.63) is 185 Å². The molecule has 1 fully saturated rings. The Labute approximate surface area is 326 Å². The van der Waals surface area contributed by atoms with E-state index in [0.717, 1.165) is 0 Å². The quantitative estimate of drug-likeness (QED) is 0.176. The molecule has 55 heavy (non-hydrogen) atoms. The van der Waals surface area contributed by atoms with Gasteiger partial charge in [0, 0.05) is 27.6 Å². The zero-order chi connectivity index (χ0) is 37.1. The van der Waals surface area contributed by atoms with Crippen LogP contribution in [0.5, 0.6) is 0 Å². The number of fused-ring (bicyclic) bond motifs is 11. The Balaban J connectivity index is 1.14. The van der Waals surface area contributed by atoms with E-state index in [0.29, 0.717) is 0 Å². The molecule has 0 unspecified atom stereocenters. The highest BCUT2D eigenvalue weighted by Crippen LogP contribution is 2.59. The molecule has 1 saturated carbocycles. The Morgan fingerprint density at radius 2 is 0.891 bits per heavy atom. The zero-order valence-electron chi connectivity index (χ0n) is 32.4. The highest BCUT2D eigenvalue weighted by atomic mass is 15.1. The van der Waals surface area contributed by atoms with Gasteiger partial charge in [-0.25, -0.2) is 0 Å². The first kappa shape index (κ1) is 32.7. The van der Waals surface area contributed by atoms with Crippen molar-refractivity contribution in [2.24, 2.45) is 0 Å². The first-order chi connectivity index (χ1) is 26.8. The van der Waals surface area contributed by atoms with Gasteiger partial charge < -0.3 is 4.90 Å². The predicted octanol–water partition coefficient (Wildman–Crippen LogP) is 14.7. The average Bonchev–Trinajstić information content (AvgIpc) is 3.73. The lowest BCUT2D eigenvalue weighted by Crippen LogP contribution is -2.28. The predicted molar refractivity (Wildman–Crippen MR) is 231 cm³/mol. The molecular weight excluding hydrogens is 663 g/mol. The summed E-state index contributed by atoms with van der Waals surface area (Å²) in [5, 5.41) is 0. The number of rotatable bonds is 4. The molecule has 7 aromatic carbocycles. The molecule has 1 spiro atoms. The second-order valence-electron chi connectivity index (χ2n) is 17.6. The van der Waals surface area contributed by atoms with Crippen LogP contribution in [-0.2, 0) is 16.2 Å². The summed E-state index contributed by atoms with van der Waals surface area (Å²) in [5.41, 5.74) is 23.0. The third-order valence-electron chi connectivity index (χ3n) is 14.0. The topological polar surface area (TPSA) is 3.24 Å². The van der Waals surface area contributed by atoms with Gasteiger partial charge in [0.15, 0.2) is 0 Å². The fourth-order valence-corrected chi connectivity index (χ4v) is 11.6. The van der Waals surface area contributed by atoms with Crippen LogP contribution in [0.15, 0.2) is 152 Å². The summed E-state index contributed by atoms with van der Waals surface area (Å²) in [4.78, 5) is 2.60. The lowest BCUT2D eigenvalue weighted by molar-refractivity contribution is 0.353. The molecule has 0 amide bonds. The maximum atomic E-state index is 2.60. The Bertz CT molecular complexity index is 2700. The Hall–Kier alpha value is -5.66. The van der Waals surface area contributed by atoms with Gasteiger partial charge in [-0.15, -0.1) is 0 Å². The Kier molecular flexibility index (Phi) is 6.95. The van der Waals surface area contributed by atoms with Gasteiger partial charge in [0.1, 0.15) is 0 Å². The highest BCUT2D eigenvalue weighted by molar-refractivity contribution is 5.94. The van der Waals surface area contributed by atoms with Crippen LogP contribution in [0.25, 0.3) is 44.5 Å². The van der Waals surface area contributed by atoms with Gasteiger partial charge >= 0.3 is 0 Å². The summed E-state index contributed by atoms with van der Waals surface area (Å²) >= 11 is 0. The summed E-state index contributed by atoms with van der Waals surface area (Å²) in [6.07, 6.45) is 6.33. The fraction of sp³-hybridized carbons (Fsp3) is 0.222. The van der Waals surface area contributed by atoms with Gasteiger partial charge in [-0.3, -0.25) is 0 Å². The molecule has 0 radical (unpaired) electrons. The number of hydrogen-bond acceptors (Lipinski definition) is 1. The number of benzene rings is 7. The molecule has 0 heterocycles. The van der Waals surface area contributed by atoms with Crippen molar-refractivity contribution >= 4 is 17.1 Å². The maximum Gasteiger partial charge on any atom is 0.0508 e. The van der Waals surface area contributed by atoms with Crippen molar-refractivity contribution in [2.75, 3.05) is 4.90 Å². The molecule has 0 aromatic heterocycles. The van der Waals surface area contributed by atoms with Crippen LogP contribution in [0.2, 0.25) is 0 Å². The Morgan fingerprint density at radius 1 is 0.382 bits per heavy atom. The maximum absolute atomic E-state index is 2.60. The minimum atomic E-state index is -0.161. The molecule has 268 valence electrons.